The predicted octanol–water partition coefficient (Wildman–Crippen LogP) is 3.81. The number of nitrogens with zero attached hydrogens (tertiary/aromatic N) is 4. The molecule has 0 bridgehead atoms. The zero-order valence-electron chi connectivity index (χ0n) is 18.4. The van der Waals surface area contributed by atoms with E-state index in [1.54, 1.807) is 32.7 Å². The van der Waals surface area contributed by atoms with Crippen LogP contribution in [0.2, 0.25) is 0 Å². The Balaban J connectivity index is 1.63. The number of methoxy groups -OCH3 is 2. The van der Waals surface area contributed by atoms with E-state index in [9.17, 15) is 10.1 Å². The molecule has 8 nitrogen and oxygen atoms in total. The van der Waals surface area contributed by atoms with Crippen LogP contribution in [0.3, 0.4) is 0 Å². The summed E-state index contributed by atoms with van der Waals surface area (Å²) >= 11 is 0. The largest absolute Gasteiger partial charge is 0.493 e. The minimum absolute atomic E-state index is 0.151. The van der Waals surface area contributed by atoms with Gasteiger partial charge >= 0.3 is 0 Å². The molecular weight excluding hydrogens is 418 g/mol. The molecule has 0 aliphatic heterocycles. The number of imidazole rings is 1. The van der Waals surface area contributed by atoms with Gasteiger partial charge in [-0.05, 0) is 37.0 Å². The Hall–Kier alpha value is -4.12. The Morgan fingerprint density at radius 3 is 2.73 bits per heavy atom. The number of pyridine rings is 1. The van der Waals surface area contributed by atoms with Gasteiger partial charge in [-0.3, -0.25) is 9.36 Å². The standard InChI is InChI=1S/C25H23N5O3/c1-32-21-11-19-20(12-22(21)33-2)30(14-27-19)23-9-8-18(25(31)28-17-6-7-17)24(29-23)16-5-3-4-15(10-16)13-26/h3,5,8-12,14-15,17H,4,6-7H2,1-2H3,(H,28,31). The van der Waals surface area contributed by atoms with Gasteiger partial charge in [0.25, 0.3) is 5.91 Å². The zero-order chi connectivity index (χ0) is 22.9. The molecule has 1 N–H and O–H groups in total. The third-order valence-electron chi connectivity index (χ3n) is 5.84. The SMILES string of the molecule is COc1cc2ncn(-c3ccc(C(=O)NC4CC4)c(C4=CC(C#N)CC=C4)n3)c2cc1OC. The van der Waals surface area contributed by atoms with E-state index in [1.165, 1.54) is 0 Å². The van der Waals surface area contributed by atoms with Crippen molar-refractivity contribution >= 4 is 22.5 Å². The van der Waals surface area contributed by atoms with Gasteiger partial charge in [0.15, 0.2) is 11.5 Å². The van der Waals surface area contributed by atoms with Gasteiger partial charge in [0, 0.05) is 18.2 Å². The smallest absolute Gasteiger partial charge is 0.253 e. The molecule has 2 aliphatic rings. The highest BCUT2D eigenvalue weighted by atomic mass is 16.5. The molecule has 0 saturated heterocycles. The monoisotopic (exact) mass is 441 g/mol. The van der Waals surface area contributed by atoms with E-state index in [2.05, 4.69) is 16.4 Å². The number of aromatic nitrogens is 3. The summed E-state index contributed by atoms with van der Waals surface area (Å²) < 4.78 is 12.7. The molecular formula is C25H23N5O3. The molecule has 2 aliphatic carbocycles. The van der Waals surface area contributed by atoms with Gasteiger partial charge in [-0.1, -0.05) is 18.2 Å². The van der Waals surface area contributed by atoms with Crippen molar-refractivity contribution in [2.75, 3.05) is 14.2 Å². The van der Waals surface area contributed by atoms with Crippen molar-refractivity contribution in [3.8, 4) is 23.4 Å². The lowest BCUT2D eigenvalue weighted by molar-refractivity contribution is 0.0950. The topological polar surface area (TPSA) is 102 Å². The molecule has 33 heavy (non-hydrogen) atoms. The lowest BCUT2D eigenvalue weighted by atomic mass is 9.93. The summed E-state index contributed by atoms with van der Waals surface area (Å²) in [5.41, 5.74) is 3.32. The quantitative estimate of drug-likeness (QED) is 0.624. The van der Waals surface area contributed by atoms with Gasteiger partial charge in [0.2, 0.25) is 0 Å². The van der Waals surface area contributed by atoms with Crippen molar-refractivity contribution in [2.45, 2.75) is 25.3 Å². The number of rotatable bonds is 6. The maximum atomic E-state index is 13.0. The van der Waals surface area contributed by atoms with Gasteiger partial charge in [0.05, 0.1) is 48.5 Å². The molecule has 1 aromatic carbocycles. The summed E-state index contributed by atoms with van der Waals surface area (Å²) in [6.45, 7) is 0. The minimum Gasteiger partial charge on any atom is -0.493 e. The summed E-state index contributed by atoms with van der Waals surface area (Å²) in [7, 11) is 3.17. The van der Waals surface area contributed by atoms with Crippen molar-refractivity contribution < 1.29 is 14.3 Å². The summed E-state index contributed by atoms with van der Waals surface area (Å²) in [6, 6.07) is 9.77. The maximum absolute atomic E-state index is 13.0. The van der Waals surface area contributed by atoms with Gasteiger partial charge in [0.1, 0.15) is 12.1 Å². The van der Waals surface area contributed by atoms with E-state index in [0.29, 0.717) is 35.0 Å². The summed E-state index contributed by atoms with van der Waals surface area (Å²) in [6.07, 6.45) is 10.1. The lowest BCUT2D eigenvalue weighted by Gasteiger charge is -2.16. The molecule has 0 radical (unpaired) electrons. The number of nitriles is 1. The first-order chi connectivity index (χ1) is 16.1. The molecule has 1 saturated carbocycles. The third kappa shape index (κ3) is 3.94. The van der Waals surface area contributed by atoms with E-state index >= 15 is 0 Å². The molecule has 3 aromatic rings. The second kappa shape index (κ2) is 8.43. The Morgan fingerprint density at radius 1 is 1.21 bits per heavy atom. The summed E-state index contributed by atoms with van der Waals surface area (Å²) in [4.78, 5) is 22.3. The zero-order valence-corrected chi connectivity index (χ0v) is 18.4. The molecule has 0 spiro atoms. The Labute approximate surface area is 191 Å². The van der Waals surface area contributed by atoms with Crippen LogP contribution in [0.25, 0.3) is 22.4 Å². The van der Waals surface area contributed by atoms with Crippen molar-refractivity contribution in [1.82, 2.24) is 19.9 Å². The van der Waals surface area contributed by atoms with E-state index in [0.717, 1.165) is 29.4 Å². The maximum Gasteiger partial charge on any atom is 0.253 e. The second-order valence-electron chi connectivity index (χ2n) is 8.12. The fourth-order valence-electron chi connectivity index (χ4n) is 3.93. The lowest BCUT2D eigenvalue weighted by Crippen LogP contribution is -2.27. The Kier molecular flexibility index (Phi) is 5.31. The first-order valence-corrected chi connectivity index (χ1v) is 10.8. The number of amides is 1. The van der Waals surface area contributed by atoms with E-state index < -0.39 is 0 Å². The van der Waals surface area contributed by atoms with Crippen molar-refractivity contribution in [2.24, 2.45) is 5.92 Å². The highest BCUT2D eigenvalue weighted by molar-refractivity contribution is 6.00. The number of hydrogen-bond acceptors (Lipinski definition) is 6. The van der Waals surface area contributed by atoms with Crippen molar-refractivity contribution in [1.29, 1.82) is 5.26 Å². The highest BCUT2D eigenvalue weighted by Crippen LogP contribution is 2.33. The Morgan fingerprint density at radius 2 is 2.00 bits per heavy atom. The molecule has 2 heterocycles. The summed E-state index contributed by atoms with van der Waals surface area (Å²) in [5, 5.41) is 12.5. The average molecular weight is 441 g/mol. The first-order valence-electron chi connectivity index (χ1n) is 10.8. The van der Waals surface area contributed by atoms with Crippen LogP contribution in [0, 0.1) is 17.2 Å². The first kappa shape index (κ1) is 20.8. The van der Waals surface area contributed by atoms with Crippen LogP contribution in [-0.4, -0.2) is 40.7 Å². The van der Waals surface area contributed by atoms with E-state index in [4.69, 9.17) is 14.5 Å². The molecule has 8 heteroatoms. The number of hydrogen-bond donors (Lipinski definition) is 1. The van der Waals surface area contributed by atoms with Crippen molar-refractivity contribution in [3.63, 3.8) is 0 Å². The molecule has 1 amide bonds. The van der Waals surface area contributed by atoms with Gasteiger partial charge in [-0.15, -0.1) is 0 Å². The van der Waals surface area contributed by atoms with Gasteiger partial charge < -0.3 is 14.8 Å². The van der Waals surface area contributed by atoms with Crippen LogP contribution in [-0.2, 0) is 0 Å². The fraction of sp³-hybridized carbons (Fsp3) is 0.280. The second-order valence-corrected chi connectivity index (χ2v) is 8.12. The average Bonchev–Trinajstić information content (AvgIpc) is 3.58. The molecule has 5 rings (SSSR count). The number of fused-ring (bicyclic) bond motifs is 1. The number of carbonyl (C=O) groups is 1. The predicted molar refractivity (Wildman–Crippen MR) is 123 cm³/mol. The van der Waals surface area contributed by atoms with Crippen LogP contribution in [0.5, 0.6) is 11.5 Å². The number of carbonyl (C=O) groups excluding carboxylic acids is 1. The van der Waals surface area contributed by atoms with Crippen LogP contribution < -0.4 is 14.8 Å². The van der Waals surface area contributed by atoms with Crippen molar-refractivity contribution in [3.05, 3.63) is 60.1 Å². The van der Waals surface area contributed by atoms with Gasteiger partial charge in [-0.25, -0.2) is 9.97 Å². The molecule has 2 aromatic heterocycles. The number of ether oxygens (including phenoxy) is 2. The highest BCUT2D eigenvalue weighted by Gasteiger charge is 2.26. The van der Waals surface area contributed by atoms with Crippen LogP contribution >= 0.6 is 0 Å². The molecule has 1 unspecified atom stereocenters. The summed E-state index contributed by atoms with van der Waals surface area (Å²) in [5.74, 6) is 1.39. The molecule has 1 atom stereocenters. The van der Waals surface area contributed by atoms with Crippen LogP contribution in [0.15, 0.2) is 48.8 Å². The number of nitrogens with one attached hydrogen (secondary N) is 1. The minimum atomic E-state index is -0.249. The van der Waals surface area contributed by atoms with Crippen LogP contribution in [0.1, 0.15) is 35.3 Å². The Bertz CT molecular complexity index is 1340. The fourth-order valence-corrected chi connectivity index (χ4v) is 3.93. The van der Waals surface area contributed by atoms with Crippen LogP contribution in [0.4, 0.5) is 0 Å². The number of benzene rings is 1. The molecule has 1 fully saturated rings. The van der Waals surface area contributed by atoms with Gasteiger partial charge in [-0.2, -0.15) is 5.26 Å². The van der Waals surface area contributed by atoms with E-state index in [1.807, 2.05) is 34.9 Å². The normalized spacial score (nSPS) is 17.4. The van der Waals surface area contributed by atoms with E-state index in [-0.39, 0.29) is 17.9 Å². The molecule has 166 valence electrons. The number of allylic oxidation sites excluding steroid dienone is 4. The third-order valence-corrected chi connectivity index (χ3v) is 5.84.